The van der Waals surface area contributed by atoms with E-state index in [0.717, 1.165) is 41.1 Å². The number of hydrogen-bond acceptors (Lipinski definition) is 4. The number of anilines is 1. The van der Waals surface area contributed by atoms with Crippen molar-refractivity contribution >= 4 is 45.7 Å². The van der Waals surface area contributed by atoms with Crippen molar-refractivity contribution in [1.29, 1.82) is 0 Å². The third kappa shape index (κ3) is 4.98. The zero-order chi connectivity index (χ0) is 16.9. The normalized spacial score (nSPS) is 16.7. The van der Waals surface area contributed by atoms with Crippen molar-refractivity contribution in [2.75, 3.05) is 11.1 Å². The van der Waals surface area contributed by atoms with Crippen LogP contribution in [-0.2, 0) is 17.6 Å². The molecule has 3 rings (SSSR count). The highest BCUT2D eigenvalue weighted by atomic mass is 35.5. The molecule has 2 aromatic rings. The van der Waals surface area contributed by atoms with Gasteiger partial charge in [0.05, 0.1) is 5.69 Å². The van der Waals surface area contributed by atoms with Gasteiger partial charge in [0.25, 0.3) is 0 Å². The maximum Gasteiger partial charge on any atom is 0.226 e. The molecule has 0 saturated carbocycles. The number of aromatic nitrogens is 1. The second kappa shape index (κ2) is 8.37. The number of nitrogens with zero attached hydrogens (tertiary/aromatic N) is 1. The van der Waals surface area contributed by atoms with Crippen LogP contribution in [0.4, 0.5) is 5.13 Å². The Balaban J connectivity index is 1.40. The minimum Gasteiger partial charge on any atom is -0.302 e. The number of carbonyl (C=O) groups is 1. The fourth-order valence-corrected chi connectivity index (χ4v) is 4.89. The molecule has 1 amide bonds. The van der Waals surface area contributed by atoms with Crippen LogP contribution in [0.25, 0.3) is 0 Å². The van der Waals surface area contributed by atoms with Crippen molar-refractivity contribution in [3.8, 4) is 0 Å². The first-order valence-electron chi connectivity index (χ1n) is 8.27. The molecule has 6 heteroatoms. The summed E-state index contributed by atoms with van der Waals surface area (Å²) in [5.74, 6) is 1.71. The monoisotopic (exact) mass is 380 g/mol. The highest BCUT2D eigenvalue weighted by Gasteiger charge is 2.20. The van der Waals surface area contributed by atoms with Crippen molar-refractivity contribution < 1.29 is 4.79 Å². The molecule has 1 aromatic carbocycles. The number of nitrogens with one attached hydrogen (secondary N) is 1. The number of benzene rings is 1. The molecule has 0 bridgehead atoms. The van der Waals surface area contributed by atoms with Gasteiger partial charge in [0.2, 0.25) is 5.91 Å². The van der Waals surface area contributed by atoms with E-state index in [1.54, 1.807) is 23.1 Å². The van der Waals surface area contributed by atoms with E-state index in [1.165, 1.54) is 21.9 Å². The van der Waals surface area contributed by atoms with Crippen LogP contribution in [0.15, 0.2) is 29.2 Å². The summed E-state index contributed by atoms with van der Waals surface area (Å²) in [5, 5.41) is 4.48. The maximum atomic E-state index is 12.1. The molecule has 1 N–H and O–H groups in total. The molecule has 1 aromatic heterocycles. The number of carbonyl (C=O) groups excluding carboxylic acids is 1. The minimum atomic E-state index is 0.0610. The second-order valence-corrected chi connectivity index (χ2v) is 8.88. The van der Waals surface area contributed by atoms with Crippen LogP contribution in [0.1, 0.15) is 36.8 Å². The zero-order valence-electron chi connectivity index (χ0n) is 13.7. The number of halogens is 1. The number of fused-ring (bicyclic) bond motifs is 1. The Morgan fingerprint density at radius 2 is 2.21 bits per heavy atom. The van der Waals surface area contributed by atoms with Gasteiger partial charge in [0, 0.05) is 21.2 Å². The van der Waals surface area contributed by atoms with E-state index in [9.17, 15) is 4.79 Å². The first kappa shape index (κ1) is 17.8. The van der Waals surface area contributed by atoms with Gasteiger partial charge in [0.1, 0.15) is 0 Å². The minimum absolute atomic E-state index is 0.0610. The number of thiazole rings is 1. The van der Waals surface area contributed by atoms with E-state index < -0.39 is 0 Å². The van der Waals surface area contributed by atoms with Crippen LogP contribution in [0.5, 0.6) is 0 Å². The highest BCUT2D eigenvalue weighted by molar-refractivity contribution is 7.99. The van der Waals surface area contributed by atoms with E-state index in [1.807, 2.05) is 24.3 Å². The molecule has 1 aliphatic rings. The molecule has 0 saturated heterocycles. The first-order valence-corrected chi connectivity index (χ1v) is 10.4. The predicted octanol–water partition coefficient (Wildman–Crippen LogP) is 5.43. The lowest BCUT2D eigenvalue weighted by molar-refractivity contribution is -0.116. The van der Waals surface area contributed by atoms with Crippen molar-refractivity contribution in [2.45, 2.75) is 43.9 Å². The van der Waals surface area contributed by atoms with E-state index in [0.29, 0.717) is 6.42 Å². The van der Waals surface area contributed by atoms with Crippen molar-refractivity contribution in [2.24, 2.45) is 5.92 Å². The van der Waals surface area contributed by atoms with E-state index in [2.05, 4.69) is 17.2 Å². The fourth-order valence-electron chi connectivity index (χ4n) is 2.73. The molecule has 0 unspecified atom stereocenters. The van der Waals surface area contributed by atoms with Crippen LogP contribution >= 0.6 is 34.7 Å². The Morgan fingerprint density at radius 3 is 3.00 bits per heavy atom. The Hall–Kier alpha value is -1.04. The third-order valence-corrected chi connectivity index (χ3v) is 6.45. The van der Waals surface area contributed by atoms with Gasteiger partial charge >= 0.3 is 0 Å². The molecule has 0 radical (unpaired) electrons. The molecular formula is C18H21ClN2OS2. The summed E-state index contributed by atoms with van der Waals surface area (Å²) in [7, 11) is 0. The highest BCUT2D eigenvalue weighted by Crippen LogP contribution is 2.32. The van der Waals surface area contributed by atoms with Crippen molar-refractivity contribution in [1.82, 2.24) is 4.98 Å². The van der Waals surface area contributed by atoms with Gasteiger partial charge in [-0.3, -0.25) is 4.79 Å². The van der Waals surface area contributed by atoms with Crippen LogP contribution in [0.2, 0.25) is 5.02 Å². The summed E-state index contributed by atoms with van der Waals surface area (Å²) in [5.41, 5.74) is 1.19. The van der Waals surface area contributed by atoms with Gasteiger partial charge in [-0.1, -0.05) is 18.5 Å². The topological polar surface area (TPSA) is 42.0 Å². The van der Waals surface area contributed by atoms with Crippen LogP contribution < -0.4 is 5.32 Å². The largest absolute Gasteiger partial charge is 0.302 e. The van der Waals surface area contributed by atoms with Gasteiger partial charge in [-0.25, -0.2) is 4.98 Å². The molecule has 3 nitrogen and oxygen atoms in total. The molecule has 0 spiro atoms. The number of thioether (sulfide) groups is 1. The summed E-state index contributed by atoms with van der Waals surface area (Å²) in [6.07, 6.45) is 4.72. The number of hydrogen-bond donors (Lipinski definition) is 1. The van der Waals surface area contributed by atoms with E-state index >= 15 is 0 Å². The molecule has 24 heavy (non-hydrogen) atoms. The summed E-state index contributed by atoms with van der Waals surface area (Å²) < 4.78 is 0. The maximum absolute atomic E-state index is 12.1. The predicted molar refractivity (Wildman–Crippen MR) is 103 cm³/mol. The summed E-state index contributed by atoms with van der Waals surface area (Å²) in [6, 6.07) is 7.80. The average Bonchev–Trinajstić information content (AvgIpc) is 2.94. The first-order chi connectivity index (χ1) is 11.6. The summed E-state index contributed by atoms with van der Waals surface area (Å²) in [4.78, 5) is 19.2. The quantitative estimate of drug-likeness (QED) is 0.536. The lowest BCUT2D eigenvalue weighted by Crippen LogP contribution is -2.11. The standard InChI is InChI=1S/C18H21ClN2OS2/c1-12-4-9-15-16(11-12)24-18(20-15)21-17(22)3-2-10-23-14-7-5-13(19)6-8-14/h5-8,12H,2-4,9-11H2,1H3,(H,20,21,22)/t12-/m0/s1. The van der Waals surface area contributed by atoms with Gasteiger partial charge in [-0.15, -0.1) is 23.1 Å². The molecule has 128 valence electrons. The van der Waals surface area contributed by atoms with Gasteiger partial charge in [-0.05, 0) is 61.6 Å². The third-order valence-electron chi connectivity index (χ3n) is 4.06. The Labute approximate surface area is 156 Å². The van der Waals surface area contributed by atoms with E-state index in [4.69, 9.17) is 11.6 Å². The summed E-state index contributed by atoms with van der Waals surface area (Å²) >= 11 is 9.26. The van der Waals surface area contributed by atoms with Crippen molar-refractivity contribution in [3.63, 3.8) is 0 Å². The molecule has 1 atom stereocenters. The molecule has 1 aliphatic carbocycles. The number of aryl methyl sites for hydroxylation is 1. The Bertz CT molecular complexity index is 700. The van der Waals surface area contributed by atoms with Gasteiger partial charge < -0.3 is 5.32 Å². The lowest BCUT2D eigenvalue weighted by Gasteiger charge is -2.15. The second-order valence-electron chi connectivity index (χ2n) is 6.19. The number of amides is 1. The molecule has 0 aliphatic heterocycles. The number of rotatable bonds is 6. The van der Waals surface area contributed by atoms with Crippen LogP contribution in [-0.4, -0.2) is 16.6 Å². The molecular weight excluding hydrogens is 360 g/mol. The zero-order valence-corrected chi connectivity index (χ0v) is 16.1. The van der Waals surface area contributed by atoms with Crippen molar-refractivity contribution in [3.05, 3.63) is 39.9 Å². The lowest BCUT2D eigenvalue weighted by atomic mass is 9.93. The fraction of sp³-hybridized carbons (Fsp3) is 0.444. The van der Waals surface area contributed by atoms with Gasteiger partial charge in [0.15, 0.2) is 5.13 Å². The van der Waals surface area contributed by atoms with Crippen LogP contribution in [0.3, 0.4) is 0 Å². The molecule has 1 heterocycles. The van der Waals surface area contributed by atoms with Gasteiger partial charge in [-0.2, -0.15) is 0 Å². The Morgan fingerprint density at radius 1 is 1.42 bits per heavy atom. The smallest absolute Gasteiger partial charge is 0.226 e. The SMILES string of the molecule is C[C@H]1CCc2nc(NC(=O)CCCSc3ccc(Cl)cc3)sc2C1. The molecule has 0 fully saturated rings. The average molecular weight is 381 g/mol. The van der Waals surface area contributed by atoms with Crippen LogP contribution in [0, 0.1) is 5.92 Å². The van der Waals surface area contributed by atoms with E-state index in [-0.39, 0.29) is 5.91 Å². The summed E-state index contributed by atoms with van der Waals surface area (Å²) in [6.45, 7) is 2.28. The Kier molecular flexibility index (Phi) is 6.19.